The summed E-state index contributed by atoms with van der Waals surface area (Å²) in [6.45, 7) is 0.910. The number of hydrogen-bond acceptors (Lipinski definition) is 9. The molecule has 2 aliphatic rings. The first-order chi connectivity index (χ1) is 21.2. The van der Waals surface area contributed by atoms with Gasteiger partial charge in [-0.3, -0.25) is 0 Å². The molecule has 5 aromatic rings. The Balaban J connectivity index is 0.00000357. The summed E-state index contributed by atoms with van der Waals surface area (Å²) in [5.74, 6) is -1.50. The number of pyridine rings is 1. The Hall–Kier alpha value is -3.98. The molecule has 1 aliphatic heterocycles. The molecule has 1 aliphatic carbocycles. The van der Waals surface area contributed by atoms with Crippen LogP contribution in [0.1, 0.15) is 37.4 Å². The zero-order chi connectivity index (χ0) is 30.6. The Morgan fingerprint density at radius 2 is 1.67 bits per heavy atom. The van der Waals surface area contributed by atoms with Crippen molar-refractivity contribution in [1.82, 2.24) is 28.7 Å². The monoisotopic (exact) mass is 710 g/mol. The van der Waals surface area contributed by atoms with Crippen LogP contribution in [0.3, 0.4) is 0 Å². The predicted molar refractivity (Wildman–Crippen MR) is 157 cm³/mol. The molecule has 3 aromatic heterocycles. The number of halogens is 2. The summed E-state index contributed by atoms with van der Waals surface area (Å²) in [7, 11) is -4.07. The van der Waals surface area contributed by atoms with E-state index in [4.69, 9.17) is 0 Å². The molecule has 0 atom stereocenters. The maximum absolute atomic E-state index is 15.7. The smallest absolute Gasteiger partial charge is 0.507 e. The van der Waals surface area contributed by atoms with Crippen LogP contribution in [0.15, 0.2) is 64.5 Å². The standard InChI is InChI=1S/C30H25F2N7O4S.Nb/c31-22-6-5-7-24(40)25(22)26-23(32)16-21-28(37-14-3-1-2-4-15-37)35-30(41)39(29(21)34-26)19-10-12-20(13-11-19)44(42,43)38-17-33-27(36-38)18-8-9-18;/h3-7,10-13,16-18,40H,1-2,8-9,14-15H2;/q-2;+2. The Morgan fingerprint density at radius 3 is 2.33 bits per heavy atom. The molecule has 4 heterocycles. The van der Waals surface area contributed by atoms with Crippen molar-refractivity contribution >= 4 is 26.9 Å². The Morgan fingerprint density at radius 1 is 0.956 bits per heavy atom. The number of rotatable bonds is 6. The number of benzene rings is 2. The van der Waals surface area contributed by atoms with E-state index in [1.165, 1.54) is 36.4 Å². The van der Waals surface area contributed by atoms with E-state index in [2.05, 4.69) is 20.1 Å². The van der Waals surface area contributed by atoms with Crippen molar-refractivity contribution in [2.24, 2.45) is 0 Å². The van der Waals surface area contributed by atoms with E-state index in [9.17, 15) is 22.7 Å². The van der Waals surface area contributed by atoms with Crippen LogP contribution in [-0.2, 0) is 32.4 Å². The van der Waals surface area contributed by atoms with Gasteiger partial charge in [0.15, 0.2) is 17.3 Å². The van der Waals surface area contributed by atoms with Crippen molar-refractivity contribution in [1.29, 1.82) is 0 Å². The fourth-order valence-electron chi connectivity index (χ4n) is 5.26. The first-order valence-corrected chi connectivity index (χ1v) is 15.4. The molecule has 0 bridgehead atoms. The van der Waals surface area contributed by atoms with Crippen LogP contribution in [0.2, 0.25) is 0 Å². The molecule has 1 radical (unpaired) electrons. The van der Waals surface area contributed by atoms with Crippen LogP contribution >= 0.6 is 0 Å². The van der Waals surface area contributed by atoms with Crippen molar-refractivity contribution in [2.75, 3.05) is 18.0 Å². The van der Waals surface area contributed by atoms with E-state index < -0.39 is 44.4 Å². The van der Waals surface area contributed by atoms with Crippen molar-refractivity contribution < 1.29 is 44.7 Å². The van der Waals surface area contributed by atoms with Gasteiger partial charge in [-0.15, -0.1) is 22.3 Å². The number of aromatic hydroxyl groups is 1. The average molecular weight is 711 g/mol. The maximum Gasteiger partial charge on any atom is 2.00 e. The van der Waals surface area contributed by atoms with Crippen molar-refractivity contribution in [2.45, 2.75) is 36.5 Å². The predicted octanol–water partition coefficient (Wildman–Crippen LogP) is 4.14. The van der Waals surface area contributed by atoms with Gasteiger partial charge in [0.2, 0.25) is 0 Å². The van der Waals surface area contributed by atoms with E-state index in [1.54, 1.807) is 0 Å². The van der Waals surface area contributed by atoms with E-state index in [0.29, 0.717) is 18.9 Å². The molecule has 1 saturated heterocycles. The normalized spacial score (nSPS) is 15.6. The molecule has 15 heteroatoms. The summed E-state index contributed by atoms with van der Waals surface area (Å²) < 4.78 is 58.9. The van der Waals surface area contributed by atoms with Crippen LogP contribution in [0.25, 0.3) is 28.0 Å². The van der Waals surface area contributed by atoms with Gasteiger partial charge < -0.3 is 22.8 Å². The third-order valence-corrected chi connectivity index (χ3v) is 9.21. The van der Waals surface area contributed by atoms with Gasteiger partial charge in [-0.05, 0) is 55.3 Å². The summed E-state index contributed by atoms with van der Waals surface area (Å²) in [5.41, 5.74) is -1.58. The van der Waals surface area contributed by atoms with Gasteiger partial charge in [0, 0.05) is 5.92 Å². The van der Waals surface area contributed by atoms with Gasteiger partial charge in [0.05, 0.1) is 21.5 Å². The number of fused-ring (bicyclic) bond motifs is 1. The van der Waals surface area contributed by atoms with Crippen molar-refractivity contribution in [3.63, 3.8) is 0 Å². The summed E-state index contributed by atoms with van der Waals surface area (Å²) in [6, 6.07) is 10.1. The average Bonchev–Trinajstić information content (AvgIpc) is 3.79. The fraction of sp³-hybridized carbons (Fsp3) is 0.233. The molecule has 229 valence electrons. The Bertz CT molecular complexity index is 2050. The fourth-order valence-corrected chi connectivity index (χ4v) is 6.32. The molecule has 1 saturated carbocycles. The van der Waals surface area contributed by atoms with Gasteiger partial charge in [-0.1, -0.05) is 6.07 Å². The summed E-state index contributed by atoms with van der Waals surface area (Å²) >= 11 is 0. The van der Waals surface area contributed by atoms with E-state index in [1.807, 2.05) is 17.7 Å². The van der Waals surface area contributed by atoms with Crippen molar-refractivity contribution in [3.8, 4) is 22.7 Å². The molecular formula is C30H25F2N7NbO4S. The Kier molecular flexibility index (Phi) is 8.33. The molecule has 0 amide bonds. The molecule has 11 nitrogen and oxygen atoms in total. The number of nitrogens with zero attached hydrogens (tertiary/aromatic N) is 7. The molecule has 2 aromatic carbocycles. The third kappa shape index (κ3) is 5.67. The van der Waals surface area contributed by atoms with Gasteiger partial charge in [-0.25, -0.2) is 41.0 Å². The maximum atomic E-state index is 15.7. The molecule has 0 spiro atoms. The van der Waals surface area contributed by atoms with E-state index in [-0.39, 0.29) is 55.7 Å². The zero-order valence-electron chi connectivity index (χ0n) is 23.6. The van der Waals surface area contributed by atoms with Crippen molar-refractivity contribution in [3.05, 3.63) is 95.6 Å². The summed E-state index contributed by atoms with van der Waals surface area (Å²) in [6.07, 6.45) is 8.71. The number of phenolic OH excluding ortho intramolecular Hbond substituents is 1. The van der Waals surface area contributed by atoms with Gasteiger partial charge in [0.1, 0.15) is 29.4 Å². The minimum atomic E-state index is -4.07. The topological polar surface area (TPSA) is 136 Å². The molecule has 0 unspecified atom stereocenters. The van der Waals surface area contributed by atoms with Crippen LogP contribution in [0, 0.1) is 24.5 Å². The number of phenols is 1. The third-order valence-electron chi connectivity index (χ3n) is 7.67. The second kappa shape index (κ2) is 12.1. The van der Waals surface area contributed by atoms with Crippen LogP contribution < -0.4 is 10.6 Å². The number of anilines is 1. The SMILES string of the molecule is O=c1nc(N2C[CH-]CC[CH-]C2)c2cc(F)c(-c3c(O)cccc3F)nc2n1-c1ccc(S(=O)(=O)n2cnc(C3CC3)n2)cc1.[Nb+2]. The van der Waals surface area contributed by atoms with Crippen LogP contribution in [0.4, 0.5) is 14.6 Å². The van der Waals surface area contributed by atoms with E-state index in [0.717, 1.165) is 52.8 Å². The van der Waals surface area contributed by atoms with Gasteiger partial charge >= 0.3 is 28.1 Å². The Labute approximate surface area is 272 Å². The molecule has 1 N–H and O–H groups in total. The number of aromatic nitrogens is 6. The zero-order valence-corrected chi connectivity index (χ0v) is 26.6. The van der Waals surface area contributed by atoms with E-state index >= 15 is 4.39 Å². The number of hydrogen-bond donors (Lipinski definition) is 1. The van der Waals surface area contributed by atoms with Gasteiger partial charge in [0.25, 0.3) is 10.0 Å². The quantitative estimate of drug-likeness (QED) is 0.204. The molecule has 2 fully saturated rings. The largest absolute Gasteiger partial charge is 2.00 e. The summed E-state index contributed by atoms with van der Waals surface area (Å²) in [5, 5.41) is 14.7. The first-order valence-electron chi connectivity index (χ1n) is 14.0. The minimum Gasteiger partial charge on any atom is -0.507 e. The second-order valence-corrected chi connectivity index (χ2v) is 12.5. The van der Waals surface area contributed by atoms with Crippen LogP contribution in [0.5, 0.6) is 5.75 Å². The second-order valence-electron chi connectivity index (χ2n) is 10.7. The van der Waals surface area contributed by atoms with Crippen LogP contribution in [-0.4, -0.2) is 55.3 Å². The molecular weight excluding hydrogens is 685 g/mol. The minimum absolute atomic E-state index is 0. The molecule has 45 heavy (non-hydrogen) atoms. The van der Waals surface area contributed by atoms with Gasteiger partial charge in [-0.2, -0.15) is 13.4 Å². The summed E-state index contributed by atoms with van der Waals surface area (Å²) in [4.78, 5) is 28.1. The first kappa shape index (κ1) is 31.0. The molecule has 7 rings (SSSR count).